The zero-order valence-electron chi connectivity index (χ0n) is 9.40. The number of hydrogen-bond donors (Lipinski definition) is 5. The first kappa shape index (κ1) is 13.1. The summed E-state index contributed by atoms with van der Waals surface area (Å²) in [5.74, 6) is -0.352. The van der Waals surface area contributed by atoms with Gasteiger partial charge in [0.25, 0.3) is 0 Å². The Morgan fingerprint density at radius 1 is 1.24 bits per heavy atom. The van der Waals surface area contributed by atoms with Crippen LogP contribution >= 0.6 is 0 Å². The van der Waals surface area contributed by atoms with Gasteiger partial charge in [-0.3, -0.25) is 4.79 Å². The molecule has 0 spiro atoms. The van der Waals surface area contributed by atoms with Crippen molar-refractivity contribution in [2.45, 2.75) is 19.3 Å². The summed E-state index contributed by atoms with van der Waals surface area (Å²) in [6.07, 6.45) is 2.00. The lowest BCUT2D eigenvalue weighted by atomic mass is 9.67. The number of carbonyl (C=O) groups excluding carboxylic acids is 2. The predicted octanol–water partition coefficient (Wildman–Crippen LogP) is -1.31. The summed E-state index contributed by atoms with van der Waals surface area (Å²) in [7, 11) is 0. The minimum absolute atomic E-state index is 0.0656. The van der Waals surface area contributed by atoms with Gasteiger partial charge in [0.2, 0.25) is 5.91 Å². The summed E-state index contributed by atoms with van der Waals surface area (Å²) in [5, 5.41) is 16.5. The fourth-order valence-corrected chi connectivity index (χ4v) is 1.76. The molecule has 0 aromatic heterocycles. The lowest BCUT2D eigenvalue weighted by Crippen LogP contribution is -2.54. The molecular weight excluding hydrogens is 226 g/mol. The zero-order chi connectivity index (χ0) is 12.9. The van der Waals surface area contributed by atoms with Crippen LogP contribution in [0.3, 0.4) is 0 Å². The number of nitrogens with one attached hydrogen (secondary N) is 2. The van der Waals surface area contributed by atoms with Crippen LogP contribution < -0.4 is 22.1 Å². The largest absolute Gasteiger partial charge is 0.409 e. The van der Waals surface area contributed by atoms with Gasteiger partial charge in [-0.25, -0.2) is 4.79 Å². The number of oxime groups is 1. The van der Waals surface area contributed by atoms with E-state index in [4.69, 9.17) is 16.7 Å². The molecule has 1 fully saturated rings. The van der Waals surface area contributed by atoms with Gasteiger partial charge >= 0.3 is 6.03 Å². The summed E-state index contributed by atoms with van der Waals surface area (Å²) in [6.45, 7) is 0.496. The van der Waals surface area contributed by atoms with Crippen LogP contribution in [0.25, 0.3) is 0 Å². The zero-order valence-corrected chi connectivity index (χ0v) is 9.40. The number of nitrogens with zero attached hydrogens (tertiary/aromatic N) is 1. The molecule has 96 valence electrons. The average Bonchev–Trinajstić information content (AvgIpc) is 2.22. The van der Waals surface area contributed by atoms with Crippen LogP contribution in [0.1, 0.15) is 19.3 Å². The van der Waals surface area contributed by atoms with Gasteiger partial charge in [-0.1, -0.05) is 11.6 Å². The van der Waals surface area contributed by atoms with E-state index in [2.05, 4.69) is 15.8 Å². The maximum atomic E-state index is 11.9. The molecule has 3 amide bonds. The number of nitrogens with two attached hydrogens (primary N) is 2. The van der Waals surface area contributed by atoms with Gasteiger partial charge in [-0.2, -0.15) is 0 Å². The molecule has 8 nitrogen and oxygen atoms in total. The minimum Gasteiger partial charge on any atom is -0.409 e. The number of urea groups is 1. The normalized spacial score (nSPS) is 18.0. The van der Waals surface area contributed by atoms with E-state index in [1.807, 2.05) is 0 Å². The van der Waals surface area contributed by atoms with Gasteiger partial charge in [0.1, 0.15) is 5.41 Å². The number of carbonyl (C=O) groups is 2. The van der Waals surface area contributed by atoms with E-state index in [-0.39, 0.29) is 24.8 Å². The molecule has 1 rings (SSSR count). The maximum Gasteiger partial charge on any atom is 0.312 e. The molecule has 1 aliphatic rings. The van der Waals surface area contributed by atoms with E-state index >= 15 is 0 Å². The van der Waals surface area contributed by atoms with Crippen molar-refractivity contribution in [3.8, 4) is 0 Å². The smallest absolute Gasteiger partial charge is 0.312 e. The van der Waals surface area contributed by atoms with E-state index in [0.29, 0.717) is 12.8 Å². The Labute approximate surface area is 98.4 Å². The van der Waals surface area contributed by atoms with Crippen molar-refractivity contribution in [1.29, 1.82) is 0 Å². The SMILES string of the molecule is NC(=O)NCCNC(=O)C1(C(N)=NO)CCC1. The first-order valence-electron chi connectivity index (χ1n) is 5.32. The van der Waals surface area contributed by atoms with Gasteiger partial charge in [-0.15, -0.1) is 0 Å². The second-order valence-electron chi connectivity index (χ2n) is 3.97. The molecule has 7 N–H and O–H groups in total. The molecule has 0 aliphatic heterocycles. The standard InChI is InChI=1S/C9H17N5O3/c10-6(14-17)9(2-1-3-9)7(15)12-4-5-13-8(11)16/h17H,1-5H2,(H2,10,14)(H,12,15)(H3,11,13,16). The molecule has 0 aromatic carbocycles. The van der Waals surface area contributed by atoms with E-state index < -0.39 is 11.4 Å². The molecule has 8 heteroatoms. The first-order chi connectivity index (χ1) is 8.03. The summed E-state index contributed by atoms with van der Waals surface area (Å²) in [6, 6.07) is -0.644. The van der Waals surface area contributed by atoms with Crippen molar-refractivity contribution in [1.82, 2.24) is 10.6 Å². The molecule has 1 saturated carbocycles. The lowest BCUT2D eigenvalue weighted by Gasteiger charge is -2.38. The van der Waals surface area contributed by atoms with Gasteiger partial charge < -0.3 is 27.3 Å². The maximum absolute atomic E-state index is 11.9. The highest BCUT2D eigenvalue weighted by molar-refractivity contribution is 6.07. The number of hydrogen-bond acceptors (Lipinski definition) is 4. The van der Waals surface area contributed by atoms with Crippen molar-refractivity contribution in [3.63, 3.8) is 0 Å². The molecule has 0 unspecified atom stereocenters. The van der Waals surface area contributed by atoms with Crippen LogP contribution in [0, 0.1) is 5.41 Å². The second-order valence-corrected chi connectivity index (χ2v) is 3.97. The van der Waals surface area contributed by atoms with Crippen LogP contribution in [-0.4, -0.2) is 36.1 Å². The van der Waals surface area contributed by atoms with E-state index in [1.165, 1.54) is 0 Å². The van der Waals surface area contributed by atoms with Crippen molar-refractivity contribution in [2.24, 2.45) is 22.0 Å². The Morgan fingerprint density at radius 3 is 2.24 bits per heavy atom. The topological polar surface area (TPSA) is 143 Å². The quantitative estimate of drug-likeness (QED) is 0.134. The third kappa shape index (κ3) is 2.77. The molecule has 0 aromatic rings. The Bertz CT molecular complexity index is 338. The highest BCUT2D eigenvalue weighted by Crippen LogP contribution is 2.41. The molecule has 0 atom stereocenters. The van der Waals surface area contributed by atoms with E-state index in [9.17, 15) is 9.59 Å². The third-order valence-corrected chi connectivity index (χ3v) is 2.95. The van der Waals surface area contributed by atoms with Crippen molar-refractivity contribution < 1.29 is 14.8 Å². The summed E-state index contributed by atoms with van der Waals surface area (Å²) in [4.78, 5) is 22.3. The first-order valence-corrected chi connectivity index (χ1v) is 5.32. The summed E-state index contributed by atoms with van der Waals surface area (Å²) in [5.41, 5.74) is 9.50. The third-order valence-electron chi connectivity index (χ3n) is 2.95. The van der Waals surface area contributed by atoms with Crippen LogP contribution in [0.15, 0.2) is 5.16 Å². The van der Waals surface area contributed by atoms with Gasteiger partial charge in [0.15, 0.2) is 5.84 Å². The Hall–Kier alpha value is -1.99. The minimum atomic E-state index is -0.887. The molecule has 1 aliphatic carbocycles. The highest BCUT2D eigenvalue weighted by atomic mass is 16.4. The Morgan fingerprint density at radius 2 is 1.82 bits per heavy atom. The van der Waals surface area contributed by atoms with Crippen LogP contribution in [0.5, 0.6) is 0 Å². The van der Waals surface area contributed by atoms with Crippen molar-refractivity contribution >= 4 is 17.8 Å². The monoisotopic (exact) mass is 243 g/mol. The van der Waals surface area contributed by atoms with E-state index in [1.54, 1.807) is 0 Å². The van der Waals surface area contributed by atoms with Crippen LogP contribution in [0.4, 0.5) is 4.79 Å². The molecule has 0 heterocycles. The fourth-order valence-electron chi connectivity index (χ4n) is 1.76. The average molecular weight is 243 g/mol. The summed E-state index contributed by atoms with van der Waals surface area (Å²) < 4.78 is 0. The number of amidine groups is 1. The van der Waals surface area contributed by atoms with Gasteiger partial charge in [0.05, 0.1) is 0 Å². The van der Waals surface area contributed by atoms with Crippen LogP contribution in [-0.2, 0) is 4.79 Å². The fraction of sp³-hybridized carbons (Fsp3) is 0.667. The van der Waals surface area contributed by atoms with E-state index in [0.717, 1.165) is 6.42 Å². The Balaban J connectivity index is 2.43. The highest BCUT2D eigenvalue weighted by Gasteiger charge is 2.48. The van der Waals surface area contributed by atoms with Gasteiger partial charge in [-0.05, 0) is 12.8 Å². The molecule has 0 saturated heterocycles. The second kappa shape index (κ2) is 5.37. The summed E-state index contributed by atoms with van der Waals surface area (Å²) >= 11 is 0. The molecular formula is C9H17N5O3. The molecule has 17 heavy (non-hydrogen) atoms. The molecule has 0 bridgehead atoms. The number of amides is 3. The van der Waals surface area contributed by atoms with Crippen LogP contribution in [0.2, 0.25) is 0 Å². The Kier molecular flexibility index (Phi) is 4.13. The predicted molar refractivity (Wildman–Crippen MR) is 60.3 cm³/mol. The number of rotatable bonds is 5. The van der Waals surface area contributed by atoms with Crippen molar-refractivity contribution in [3.05, 3.63) is 0 Å². The number of primary amides is 1. The van der Waals surface area contributed by atoms with Gasteiger partial charge in [0, 0.05) is 13.1 Å². The molecule has 0 radical (unpaired) electrons. The lowest BCUT2D eigenvalue weighted by molar-refractivity contribution is -0.131. The van der Waals surface area contributed by atoms with Crippen molar-refractivity contribution in [2.75, 3.05) is 13.1 Å².